The first-order chi connectivity index (χ1) is 14.9. The molecule has 3 heterocycles. The van der Waals surface area contributed by atoms with Crippen LogP contribution in [0.5, 0.6) is 0 Å². The van der Waals surface area contributed by atoms with E-state index >= 15 is 0 Å². The van der Waals surface area contributed by atoms with Crippen LogP contribution in [0, 0.1) is 11.6 Å². The standard InChI is InChI=1S/C21H17ClF2N6O/c1-12-5-8-30(20-19(22)25-6-7-26-20)11-13(12)16-9-28-17(10-27-16)29-21(31)18-14(23)3-2-4-15(18)24/h2-4,6-7,9-10H,5,8,11H2,1H3,(H,28,29,31). The van der Waals surface area contributed by atoms with Crippen LogP contribution in [0.3, 0.4) is 0 Å². The van der Waals surface area contributed by atoms with Crippen molar-refractivity contribution in [3.63, 3.8) is 0 Å². The number of aromatic nitrogens is 4. The molecule has 0 bridgehead atoms. The predicted molar refractivity (Wildman–Crippen MR) is 113 cm³/mol. The highest BCUT2D eigenvalue weighted by molar-refractivity contribution is 6.31. The zero-order valence-corrected chi connectivity index (χ0v) is 17.2. The summed E-state index contributed by atoms with van der Waals surface area (Å²) in [5, 5.41) is 2.69. The third-order valence-electron chi connectivity index (χ3n) is 4.95. The van der Waals surface area contributed by atoms with Gasteiger partial charge in [0.1, 0.15) is 17.2 Å². The number of hydrogen-bond donors (Lipinski definition) is 1. The van der Waals surface area contributed by atoms with Crippen LogP contribution < -0.4 is 10.2 Å². The van der Waals surface area contributed by atoms with Crippen molar-refractivity contribution in [3.8, 4) is 0 Å². The third kappa shape index (κ3) is 4.36. The van der Waals surface area contributed by atoms with Gasteiger partial charge in [-0.25, -0.2) is 23.7 Å². The first-order valence-corrected chi connectivity index (χ1v) is 9.79. The number of nitrogens with one attached hydrogen (secondary N) is 1. The summed E-state index contributed by atoms with van der Waals surface area (Å²) < 4.78 is 27.6. The number of carbonyl (C=O) groups excluding carboxylic acids is 1. The summed E-state index contributed by atoms with van der Waals surface area (Å²) >= 11 is 6.18. The smallest absolute Gasteiger partial charge is 0.262 e. The molecular formula is C21H17ClF2N6O. The van der Waals surface area contributed by atoms with Crippen LogP contribution in [0.15, 0.2) is 48.6 Å². The molecule has 0 radical (unpaired) electrons. The monoisotopic (exact) mass is 442 g/mol. The van der Waals surface area contributed by atoms with Crippen LogP contribution in [0.2, 0.25) is 5.15 Å². The van der Waals surface area contributed by atoms with Gasteiger partial charge in [0.15, 0.2) is 16.8 Å². The van der Waals surface area contributed by atoms with E-state index in [2.05, 4.69) is 25.3 Å². The summed E-state index contributed by atoms with van der Waals surface area (Å²) in [5.74, 6) is -2.16. The first kappa shape index (κ1) is 20.8. The summed E-state index contributed by atoms with van der Waals surface area (Å²) in [6.07, 6.45) is 6.76. The highest BCUT2D eigenvalue weighted by Crippen LogP contribution is 2.30. The van der Waals surface area contributed by atoms with Gasteiger partial charge in [0.25, 0.3) is 5.91 Å². The van der Waals surface area contributed by atoms with Gasteiger partial charge in [-0.1, -0.05) is 23.2 Å². The van der Waals surface area contributed by atoms with Crippen molar-refractivity contribution < 1.29 is 13.6 Å². The van der Waals surface area contributed by atoms with Crippen LogP contribution in [-0.2, 0) is 0 Å². The van der Waals surface area contributed by atoms with E-state index in [0.29, 0.717) is 23.2 Å². The molecule has 0 aliphatic carbocycles. The topological polar surface area (TPSA) is 83.9 Å². The fraction of sp³-hybridized carbons (Fsp3) is 0.190. The average Bonchev–Trinajstić information content (AvgIpc) is 2.75. The molecule has 1 amide bonds. The second-order valence-electron chi connectivity index (χ2n) is 6.94. The Bertz CT molecular complexity index is 1150. The van der Waals surface area contributed by atoms with E-state index < -0.39 is 23.1 Å². The number of halogens is 3. The van der Waals surface area contributed by atoms with E-state index in [9.17, 15) is 13.6 Å². The summed E-state index contributed by atoms with van der Waals surface area (Å²) in [4.78, 5) is 31.2. The minimum atomic E-state index is -0.951. The lowest BCUT2D eigenvalue weighted by Crippen LogP contribution is -2.32. The quantitative estimate of drug-likeness (QED) is 0.654. The number of nitrogens with zero attached hydrogens (tertiary/aromatic N) is 5. The lowest BCUT2D eigenvalue weighted by Gasteiger charge is -2.30. The molecule has 3 aromatic rings. The van der Waals surface area contributed by atoms with Gasteiger partial charge in [0.05, 0.1) is 18.1 Å². The molecule has 2 aromatic heterocycles. The lowest BCUT2D eigenvalue weighted by atomic mass is 9.99. The van der Waals surface area contributed by atoms with Gasteiger partial charge in [-0.3, -0.25) is 9.78 Å². The minimum absolute atomic E-state index is 0.0827. The van der Waals surface area contributed by atoms with Crippen LogP contribution in [0.1, 0.15) is 29.4 Å². The molecule has 4 rings (SSSR count). The van der Waals surface area contributed by atoms with Crippen molar-refractivity contribution in [1.29, 1.82) is 0 Å². The molecule has 10 heteroatoms. The molecule has 1 aliphatic heterocycles. The van der Waals surface area contributed by atoms with Gasteiger partial charge in [-0.05, 0) is 31.1 Å². The number of benzene rings is 1. The second kappa shape index (κ2) is 8.73. The first-order valence-electron chi connectivity index (χ1n) is 9.42. The SMILES string of the molecule is CC1=C(c2cnc(NC(=O)c3c(F)cccc3F)cn2)CN(c2nccnc2Cl)CC1. The zero-order chi connectivity index (χ0) is 22.0. The summed E-state index contributed by atoms with van der Waals surface area (Å²) in [6, 6.07) is 3.22. The van der Waals surface area contributed by atoms with Crippen LogP contribution >= 0.6 is 11.6 Å². The maximum atomic E-state index is 13.8. The van der Waals surface area contributed by atoms with Crippen molar-refractivity contribution in [3.05, 3.63) is 76.6 Å². The van der Waals surface area contributed by atoms with E-state index in [0.717, 1.165) is 36.2 Å². The maximum absolute atomic E-state index is 13.8. The maximum Gasteiger partial charge on any atom is 0.262 e. The highest BCUT2D eigenvalue weighted by Gasteiger charge is 2.23. The van der Waals surface area contributed by atoms with Gasteiger partial charge in [0.2, 0.25) is 0 Å². The molecule has 0 unspecified atom stereocenters. The summed E-state index contributed by atoms with van der Waals surface area (Å²) in [6.45, 7) is 3.28. The number of carbonyl (C=O) groups is 1. The Balaban J connectivity index is 1.52. The van der Waals surface area contributed by atoms with Gasteiger partial charge in [-0.2, -0.15) is 0 Å². The Morgan fingerprint density at radius 2 is 1.84 bits per heavy atom. The summed E-state index contributed by atoms with van der Waals surface area (Å²) in [5.41, 5.74) is 2.06. The summed E-state index contributed by atoms with van der Waals surface area (Å²) in [7, 11) is 0. The highest BCUT2D eigenvalue weighted by atomic mass is 35.5. The molecule has 7 nitrogen and oxygen atoms in total. The van der Waals surface area contributed by atoms with Crippen molar-refractivity contribution in [1.82, 2.24) is 19.9 Å². The van der Waals surface area contributed by atoms with Crippen molar-refractivity contribution in [2.75, 3.05) is 23.3 Å². The molecule has 0 spiro atoms. The van der Waals surface area contributed by atoms with Crippen molar-refractivity contribution >= 4 is 34.7 Å². The fourth-order valence-corrected chi connectivity index (χ4v) is 3.53. The zero-order valence-electron chi connectivity index (χ0n) is 16.4. The number of rotatable bonds is 4. The Hall–Kier alpha value is -3.46. The van der Waals surface area contributed by atoms with E-state index in [1.807, 2.05) is 11.8 Å². The molecule has 0 saturated carbocycles. The van der Waals surface area contributed by atoms with E-state index in [-0.39, 0.29) is 5.82 Å². The molecule has 31 heavy (non-hydrogen) atoms. The number of hydrogen-bond acceptors (Lipinski definition) is 6. The lowest BCUT2D eigenvalue weighted by molar-refractivity contribution is 0.101. The predicted octanol–water partition coefficient (Wildman–Crippen LogP) is 4.13. The molecular weight excluding hydrogens is 426 g/mol. The fourth-order valence-electron chi connectivity index (χ4n) is 3.31. The molecule has 0 fully saturated rings. The third-order valence-corrected chi connectivity index (χ3v) is 5.22. The Labute approximate surface area is 181 Å². The Morgan fingerprint density at radius 1 is 1.10 bits per heavy atom. The number of anilines is 2. The molecule has 158 valence electrons. The molecule has 0 saturated heterocycles. The van der Waals surface area contributed by atoms with E-state index in [1.165, 1.54) is 24.7 Å². The molecule has 1 aliphatic rings. The second-order valence-corrected chi connectivity index (χ2v) is 7.30. The Kier molecular flexibility index (Phi) is 5.85. The van der Waals surface area contributed by atoms with Crippen LogP contribution in [-0.4, -0.2) is 38.9 Å². The van der Waals surface area contributed by atoms with Crippen molar-refractivity contribution in [2.45, 2.75) is 13.3 Å². The van der Waals surface area contributed by atoms with Gasteiger partial charge in [0, 0.05) is 25.5 Å². The largest absolute Gasteiger partial charge is 0.349 e. The van der Waals surface area contributed by atoms with Crippen molar-refractivity contribution in [2.24, 2.45) is 0 Å². The van der Waals surface area contributed by atoms with E-state index in [1.54, 1.807) is 6.20 Å². The average molecular weight is 443 g/mol. The van der Waals surface area contributed by atoms with Gasteiger partial charge < -0.3 is 10.2 Å². The number of amides is 1. The molecule has 1 N–H and O–H groups in total. The normalized spacial score (nSPS) is 14.0. The van der Waals surface area contributed by atoms with Gasteiger partial charge in [-0.15, -0.1) is 0 Å². The van der Waals surface area contributed by atoms with E-state index in [4.69, 9.17) is 11.6 Å². The molecule has 0 atom stereocenters. The van der Waals surface area contributed by atoms with Crippen LogP contribution in [0.4, 0.5) is 20.4 Å². The van der Waals surface area contributed by atoms with Crippen LogP contribution in [0.25, 0.3) is 5.57 Å². The van der Waals surface area contributed by atoms with Gasteiger partial charge >= 0.3 is 0 Å². The molecule has 1 aromatic carbocycles. The minimum Gasteiger partial charge on any atom is -0.349 e. The Morgan fingerprint density at radius 3 is 2.52 bits per heavy atom.